The predicted molar refractivity (Wildman–Crippen MR) is 69.3 cm³/mol. The summed E-state index contributed by atoms with van der Waals surface area (Å²) in [5.41, 5.74) is -0.665. The van der Waals surface area contributed by atoms with Crippen LogP contribution in [0.5, 0.6) is 0 Å². The first-order chi connectivity index (χ1) is 9.43. The van der Waals surface area contributed by atoms with Crippen LogP contribution in [0.3, 0.4) is 0 Å². The maximum atomic E-state index is 11.8. The van der Waals surface area contributed by atoms with E-state index in [0.717, 1.165) is 12.1 Å². The van der Waals surface area contributed by atoms with Crippen LogP contribution in [0, 0.1) is 28.4 Å². The second-order valence-corrected chi connectivity index (χ2v) is 4.34. The molecule has 0 bridgehead atoms. The Morgan fingerprint density at radius 1 is 1.55 bits per heavy atom. The molecule has 0 radical (unpaired) electrons. The number of nitrogens with zero attached hydrogens (tertiary/aromatic N) is 2. The number of amides is 1. The average Bonchev–Trinajstić information content (AvgIpc) is 2.79. The highest BCUT2D eigenvalue weighted by molar-refractivity contribution is 5.99. The molecule has 0 aromatic heterocycles. The smallest absolute Gasteiger partial charge is 0.342 e. The van der Waals surface area contributed by atoms with E-state index in [9.17, 15) is 19.7 Å². The summed E-state index contributed by atoms with van der Waals surface area (Å²) in [6.45, 7) is 0.284. The Morgan fingerprint density at radius 3 is 2.75 bits per heavy atom. The van der Waals surface area contributed by atoms with Crippen LogP contribution in [0.1, 0.15) is 16.8 Å². The molecule has 0 saturated carbocycles. The highest BCUT2D eigenvalue weighted by Gasteiger charge is 2.31. The van der Waals surface area contributed by atoms with Gasteiger partial charge in [0.15, 0.2) is 0 Å². The van der Waals surface area contributed by atoms with Crippen molar-refractivity contribution in [3.05, 3.63) is 33.9 Å². The molecule has 0 aliphatic carbocycles. The highest BCUT2D eigenvalue weighted by Crippen LogP contribution is 2.29. The van der Waals surface area contributed by atoms with Gasteiger partial charge >= 0.3 is 5.97 Å². The molecule has 7 nitrogen and oxygen atoms in total. The molecule has 102 valence electrons. The number of nitro groups is 1. The van der Waals surface area contributed by atoms with Gasteiger partial charge in [-0.25, -0.2) is 4.79 Å². The summed E-state index contributed by atoms with van der Waals surface area (Å²) in [6.07, 6.45) is 5.46. The normalized spacial score (nSPS) is 17.9. The number of carboxylic acid groups (broad SMARTS) is 1. The molecule has 1 fully saturated rings. The Balaban J connectivity index is 2.42. The monoisotopic (exact) mass is 274 g/mol. The molecule has 7 heteroatoms. The molecule has 20 heavy (non-hydrogen) atoms. The summed E-state index contributed by atoms with van der Waals surface area (Å²) < 4.78 is 0. The van der Waals surface area contributed by atoms with Gasteiger partial charge in [-0.3, -0.25) is 14.9 Å². The van der Waals surface area contributed by atoms with Gasteiger partial charge in [-0.2, -0.15) is 0 Å². The fraction of sp³-hybridized carbons (Fsp3) is 0.231. The molecular formula is C13H10N2O5. The third-order valence-corrected chi connectivity index (χ3v) is 3.08. The van der Waals surface area contributed by atoms with Crippen molar-refractivity contribution >= 4 is 23.3 Å². The van der Waals surface area contributed by atoms with E-state index in [1.54, 1.807) is 0 Å². The van der Waals surface area contributed by atoms with Gasteiger partial charge in [-0.1, -0.05) is 0 Å². The van der Waals surface area contributed by atoms with Gasteiger partial charge in [0.25, 0.3) is 5.69 Å². The predicted octanol–water partition coefficient (Wildman–Crippen LogP) is 1.28. The molecule has 1 aliphatic rings. The lowest BCUT2D eigenvalue weighted by Gasteiger charge is -2.16. The SMILES string of the molecule is C#CC1CC(=O)N(c2ccc([N+](=O)[O-])c(C(=O)O)c2)C1. The van der Waals surface area contributed by atoms with Crippen LogP contribution in [0.4, 0.5) is 11.4 Å². The molecule has 1 N–H and O–H groups in total. The minimum Gasteiger partial charge on any atom is -0.477 e. The molecule has 2 rings (SSSR count). The minimum absolute atomic E-state index is 0.190. The van der Waals surface area contributed by atoms with E-state index in [1.165, 1.54) is 11.0 Å². The maximum Gasteiger partial charge on any atom is 0.342 e. The van der Waals surface area contributed by atoms with Crippen LogP contribution in [0.2, 0.25) is 0 Å². The van der Waals surface area contributed by atoms with Crippen molar-refractivity contribution in [2.24, 2.45) is 5.92 Å². The maximum absolute atomic E-state index is 11.8. The minimum atomic E-state index is -1.42. The van der Waals surface area contributed by atoms with Crippen molar-refractivity contribution in [3.63, 3.8) is 0 Å². The molecule has 1 amide bonds. The van der Waals surface area contributed by atoms with Gasteiger partial charge in [0.2, 0.25) is 5.91 Å². The van der Waals surface area contributed by atoms with Crippen LogP contribution < -0.4 is 4.90 Å². The number of terminal acetylenes is 1. The van der Waals surface area contributed by atoms with Crippen LogP contribution in [0.25, 0.3) is 0 Å². The lowest BCUT2D eigenvalue weighted by molar-refractivity contribution is -0.385. The lowest BCUT2D eigenvalue weighted by Crippen LogP contribution is -2.24. The number of hydrogen-bond acceptors (Lipinski definition) is 4. The molecule has 1 aromatic carbocycles. The molecule has 0 spiro atoms. The van der Waals surface area contributed by atoms with Crippen molar-refractivity contribution in [2.75, 3.05) is 11.4 Å². The molecule has 1 unspecified atom stereocenters. The Kier molecular flexibility index (Phi) is 3.39. The molecule has 1 aliphatic heterocycles. The largest absolute Gasteiger partial charge is 0.477 e. The van der Waals surface area contributed by atoms with Gasteiger partial charge in [-0.15, -0.1) is 12.3 Å². The van der Waals surface area contributed by atoms with Gasteiger partial charge in [-0.05, 0) is 12.1 Å². The van der Waals surface area contributed by atoms with Crippen LogP contribution in [0.15, 0.2) is 18.2 Å². The van der Waals surface area contributed by atoms with Gasteiger partial charge in [0, 0.05) is 30.6 Å². The Morgan fingerprint density at radius 2 is 2.25 bits per heavy atom. The van der Waals surface area contributed by atoms with E-state index in [1.807, 2.05) is 0 Å². The van der Waals surface area contributed by atoms with E-state index in [4.69, 9.17) is 11.5 Å². The van der Waals surface area contributed by atoms with Crippen molar-refractivity contribution in [1.29, 1.82) is 0 Å². The Labute approximate surface area is 114 Å². The first-order valence-corrected chi connectivity index (χ1v) is 5.72. The third-order valence-electron chi connectivity index (χ3n) is 3.08. The Bertz CT molecular complexity index is 647. The summed E-state index contributed by atoms with van der Waals surface area (Å²) >= 11 is 0. The number of aromatic carboxylic acids is 1. The summed E-state index contributed by atoms with van der Waals surface area (Å²) in [5, 5.41) is 19.8. The van der Waals surface area contributed by atoms with E-state index >= 15 is 0 Å². The van der Waals surface area contributed by atoms with Crippen LogP contribution >= 0.6 is 0 Å². The molecular weight excluding hydrogens is 264 g/mol. The highest BCUT2D eigenvalue weighted by atomic mass is 16.6. The fourth-order valence-electron chi connectivity index (χ4n) is 2.09. The third kappa shape index (κ3) is 2.31. The summed E-state index contributed by atoms with van der Waals surface area (Å²) in [5.74, 6) is 0.602. The quantitative estimate of drug-likeness (QED) is 0.508. The van der Waals surface area contributed by atoms with E-state index in [-0.39, 0.29) is 24.8 Å². The number of benzene rings is 1. The number of rotatable bonds is 3. The van der Waals surface area contributed by atoms with Crippen molar-refractivity contribution in [2.45, 2.75) is 6.42 Å². The number of anilines is 1. The van der Waals surface area contributed by atoms with E-state index in [0.29, 0.717) is 5.69 Å². The van der Waals surface area contributed by atoms with Crippen molar-refractivity contribution in [3.8, 4) is 12.3 Å². The number of carboxylic acids is 1. The van der Waals surface area contributed by atoms with Crippen molar-refractivity contribution in [1.82, 2.24) is 0 Å². The Hall–Kier alpha value is -2.88. The first-order valence-electron chi connectivity index (χ1n) is 5.72. The van der Waals surface area contributed by atoms with E-state index < -0.39 is 22.1 Å². The topological polar surface area (TPSA) is 101 Å². The van der Waals surface area contributed by atoms with Crippen molar-refractivity contribution < 1.29 is 19.6 Å². The van der Waals surface area contributed by atoms with Crippen LogP contribution in [-0.4, -0.2) is 28.5 Å². The summed E-state index contributed by atoms with van der Waals surface area (Å²) in [4.78, 5) is 34.2. The lowest BCUT2D eigenvalue weighted by atomic mass is 10.1. The van der Waals surface area contributed by atoms with Gasteiger partial charge in [0.1, 0.15) is 5.56 Å². The number of hydrogen-bond donors (Lipinski definition) is 1. The zero-order valence-corrected chi connectivity index (χ0v) is 10.3. The first kappa shape index (κ1) is 13.5. The standard InChI is InChI=1S/C13H10N2O5/c1-2-8-5-12(16)14(7-8)9-3-4-11(15(19)20)10(6-9)13(17)18/h1,3-4,6,8H,5,7H2,(H,17,18). The second kappa shape index (κ2) is 5.01. The molecule has 1 atom stereocenters. The molecule has 1 saturated heterocycles. The summed E-state index contributed by atoms with van der Waals surface area (Å²) in [6, 6.07) is 3.55. The average molecular weight is 274 g/mol. The number of nitro benzene ring substituents is 1. The zero-order valence-electron chi connectivity index (χ0n) is 10.3. The second-order valence-electron chi connectivity index (χ2n) is 4.34. The fourth-order valence-corrected chi connectivity index (χ4v) is 2.09. The molecule has 1 heterocycles. The number of carbonyl (C=O) groups excluding carboxylic acids is 1. The molecule has 1 aromatic rings. The van der Waals surface area contributed by atoms with Gasteiger partial charge < -0.3 is 10.0 Å². The van der Waals surface area contributed by atoms with Gasteiger partial charge in [0.05, 0.1) is 4.92 Å². The van der Waals surface area contributed by atoms with E-state index in [2.05, 4.69) is 5.92 Å². The summed E-state index contributed by atoms with van der Waals surface area (Å²) in [7, 11) is 0. The zero-order chi connectivity index (χ0) is 14.9. The van der Waals surface area contributed by atoms with Crippen LogP contribution in [-0.2, 0) is 4.79 Å². The number of carbonyl (C=O) groups is 2.